The number of carbonyl (C=O) groups excluding carboxylic acids is 1. The highest BCUT2D eigenvalue weighted by molar-refractivity contribution is 9.10. The van der Waals surface area contributed by atoms with Gasteiger partial charge in [-0.25, -0.2) is 4.79 Å². The number of nitrogens with zero attached hydrogens (tertiary/aromatic N) is 2. The van der Waals surface area contributed by atoms with Crippen LogP contribution in [0.1, 0.15) is 5.56 Å². The van der Waals surface area contributed by atoms with Gasteiger partial charge in [-0.3, -0.25) is 0 Å². The lowest BCUT2D eigenvalue weighted by molar-refractivity contribution is -0.132. The predicted molar refractivity (Wildman–Crippen MR) is 73.4 cm³/mol. The first-order chi connectivity index (χ1) is 8.49. The van der Waals surface area contributed by atoms with Crippen LogP contribution in [0.4, 0.5) is 5.69 Å². The van der Waals surface area contributed by atoms with Crippen LogP contribution in [0.5, 0.6) is 0 Å². The van der Waals surface area contributed by atoms with Crippen LogP contribution in [0.2, 0.25) is 0 Å². The van der Waals surface area contributed by atoms with Crippen LogP contribution in [0.3, 0.4) is 0 Å². The highest BCUT2D eigenvalue weighted by Crippen LogP contribution is 2.26. The molecule has 0 aliphatic heterocycles. The average Bonchev–Trinajstić information content (AvgIpc) is 2.34. The molecule has 0 radical (unpaired) electrons. The number of hydrogen-bond acceptors (Lipinski definition) is 5. The summed E-state index contributed by atoms with van der Waals surface area (Å²) in [5.74, 6) is -0.634. The number of carbonyl (C=O) groups is 1. The van der Waals surface area contributed by atoms with E-state index in [-0.39, 0.29) is 12.1 Å². The van der Waals surface area contributed by atoms with Crippen molar-refractivity contribution in [2.24, 2.45) is 5.16 Å². The SMILES string of the molecule is COC(=O)/C(Cc1ccc(N(C)C)c(Br)c1)=N/O. The van der Waals surface area contributed by atoms with Gasteiger partial charge in [-0.15, -0.1) is 0 Å². The molecule has 0 spiro atoms. The summed E-state index contributed by atoms with van der Waals surface area (Å²) in [7, 11) is 5.13. The molecular formula is C12H15BrN2O3. The maximum Gasteiger partial charge on any atom is 0.356 e. The molecule has 0 aliphatic rings. The van der Waals surface area contributed by atoms with E-state index in [1.54, 1.807) is 0 Å². The van der Waals surface area contributed by atoms with Gasteiger partial charge in [-0.1, -0.05) is 11.2 Å². The van der Waals surface area contributed by atoms with E-state index >= 15 is 0 Å². The molecule has 0 amide bonds. The van der Waals surface area contributed by atoms with Gasteiger partial charge in [0.1, 0.15) is 0 Å². The molecule has 0 heterocycles. The average molecular weight is 315 g/mol. The molecule has 1 N–H and O–H groups in total. The molecule has 0 aliphatic carbocycles. The largest absolute Gasteiger partial charge is 0.464 e. The third kappa shape index (κ3) is 3.46. The van der Waals surface area contributed by atoms with Crippen LogP contribution in [-0.4, -0.2) is 38.1 Å². The van der Waals surface area contributed by atoms with Crippen molar-refractivity contribution in [1.29, 1.82) is 0 Å². The maximum absolute atomic E-state index is 11.3. The van der Waals surface area contributed by atoms with E-state index in [2.05, 4.69) is 25.8 Å². The molecule has 0 bridgehead atoms. The molecule has 0 unspecified atom stereocenters. The zero-order valence-electron chi connectivity index (χ0n) is 10.5. The Morgan fingerprint density at radius 2 is 2.17 bits per heavy atom. The Labute approximate surface area is 114 Å². The van der Waals surface area contributed by atoms with Crippen molar-refractivity contribution in [2.45, 2.75) is 6.42 Å². The number of oxime groups is 1. The van der Waals surface area contributed by atoms with E-state index in [9.17, 15) is 4.79 Å². The standard InChI is InChI=1S/C12H15BrN2O3/c1-15(2)11-5-4-8(6-9(11)13)7-10(14-17)12(16)18-3/h4-6,17H,7H2,1-3H3/b14-10+. The smallest absolute Gasteiger partial charge is 0.356 e. The fraction of sp³-hybridized carbons (Fsp3) is 0.333. The summed E-state index contributed by atoms with van der Waals surface area (Å²) in [5.41, 5.74) is 1.85. The van der Waals surface area contributed by atoms with E-state index in [0.717, 1.165) is 15.7 Å². The molecule has 18 heavy (non-hydrogen) atoms. The lowest BCUT2D eigenvalue weighted by atomic mass is 10.1. The van der Waals surface area contributed by atoms with Gasteiger partial charge in [-0.2, -0.15) is 0 Å². The monoisotopic (exact) mass is 314 g/mol. The van der Waals surface area contributed by atoms with Crippen LogP contribution in [0, 0.1) is 0 Å². The summed E-state index contributed by atoms with van der Waals surface area (Å²) in [5, 5.41) is 11.7. The van der Waals surface area contributed by atoms with Crippen molar-refractivity contribution in [3.05, 3.63) is 28.2 Å². The summed E-state index contributed by atoms with van der Waals surface area (Å²) >= 11 is 3.45. The van der Waals surface area contributed by atoms with Crippen molar-refractivity contribution in [1.82, 2.24) is 0 Å². The molecule has 0 fully saturated rings. The Morgan fingerprint density at radius 3 is 2.61 bits per heavy atom. The molecule has 98 valence electrons. The summed E-state index contributed by atoms with van der Waals surface area (Å²) in [6.07, 6.45) is 0.218. The number of anilines is 1. The van der Waals surface area contributed by atoms with Crippen molar-refractivity contribution in [3.8, 4) is 0 Å². The number of halogens is 1. The molecule has 0 aromatic heterocycles. The Balaban J connectivity index is 2.93. The number of methoxy groups -OCH3 is 1. The van der Waals surface area contributed by atoms with E-state index in [1.807, 2.05) is 37.2 Å². The van der Waals surface area contributed by atoms with Gasteiger partial charge in [0.25, 0.3) is 0 Å². The van der Waals surface area contributed by atoms with Crippen LogP contribution in [0.25, 0.3) is 0 Å². The predicted octanol–water partition coefficient (Wildman–Crippen LogP) is 2.06. The molecule has 5 nitrogen and oxygen atoms in total. The van der Waals surface area contributed by atoms with Gasteiger partial charge >= 0.3 is 5.97 Å². The molecule has 1 aromatic rings. The number of esters is 1. The first-order valence-corrected chi connectivity index (χ1v) is 6.04. The maximum atomic E-state index is 11.3. The van der Waals surface area contributed by atoms with Gasteiger partial charge in [0.15, 0.2) is 5.71 Å². The van der Waals surface area contributed by atoms with Gasteiger partial charge in [0.05, 0.1) is 12.8 Å². The highest BCUT2D eigenvalue weighted by Gasteiger charge is 2.14. The number of benzene rings is 1. The number of ether oxygens (including phenoxy) is 1. The highest BCUT2D eigenvalue weighted by atomic mass is 79.9. The second kappa shape index (κ2) is 6.39. The van der Waals surface area contributed by atoms with E-state index in [4.69, 9.17) is 5.21 Å². The van der Waals surface area contributed by atoms with Crippen LogP contribution < -0.4 is 4.90 Å². The van der Waals surface area contributed by atoms with Crippen LogP contribution in [0.15, 0.2) is 27.8 Å². The molecule has 6 heteroatoms. The minimum Gasteiger partial charge on any atom is -0.464 e. The second-order valence-electron chi connectivity index (χ2n) is 3.90. The summed E-state index contributed by atoms with van der Waals surface area (Å²) in [6.45, 7) is 0. The van der Waals surface area contributed by atoms with Crippen LogP contribution >= 0.6 is 15.9 Å². The second-order valence-corrected chi connectivity index (χ2v) is 4.75. The van der Waals surface area contributed by atoms with Crippen molar-refractivity contribution in [3.63, 3.8) is 0 Å². The fourth-order valence-corrected chi connectivity index (χ4v) is 2.26. The van der Waals surface area contributed by atoms with Gasteiger partial charge in [0.2, 0.25) is 0 Å². The Morgan fingerprint density at radius 1 is 1.50 bits per heavy atom. The van der Waals surface area contributed by atoms with E-state index in [1.165, 1.54) is 7.11 Å². The van der Waals surface area contributed by atoms with E-state index in [0.29, 0.717) is 0 Å². The third-order valence-electron chi connectivity index (χ3n) is 2.41. The first kappa shape index (κ1) is 14.5. The lowest BCUT2D eigenvalue weighted by Gasteiger charge is -2.15. The Bertz CT molecular complexity index is 472. The van der Waals surface area contributed by atoms with Gasteiger partial charge < -0.3 is 14.8 Å². The number of hydrogen-bond donors (Lipinski definition) is 1. The van der Waals surface area contributed by atoms with Gasteiger partial charge in [0, 0.05) is 25.0 Å². The molecule has 0 saturated heterocycles. The molecule has 1 aromatic carbocycles. The first-order valence-electron chi connectivity index (χ1n) is 5.24. The van der Waals surface area contributed by atoms with E-state index < -0.39 is 5.97 Å². The van der Waals surface area contributed by atoms with Gasteiger partial charge in [-0.05, 0) is 33.6 Å². The lowest BCUT2D eigenvalue weighted by Crippen LogP contribution is -2.18. The molecule has 0 saturated carbocycles. The quantitative estimate of drug-likeness (QED) is 0.400. The minimum atomic E-state index is -0.634. The van der Waals surface area contributed by atoms with Crippen molar-refractivity contribution >= 4 is 33.3 Å². The van der Waals surface area contributed by atoms with Crippen LogP contribution in [-0.2, 0) is 16.0 Å². The molecule has 1 rings (SSSR count). The van der Waals surface area contributed by atoms with Crippen molar-refractivity contribution in [2.75, 3.05) is 26.1 Å². The topological polar surface area (TPSA) is 62.1 Å². The zero-order valence-corrected chi connectivity index (χ0v) is 12.1. The summed E-state index contributed by atoms with van der Waals surface area (Å²) < 4.78 is 5.43. The fourth-order valence-electron chi connectivity index (χ4n) is 1.48. The minimum absolute atomic E-state index is 0.0259. The number of rotatable bonds is 4. The Hall–Kier alpha value is -1.56. The third-order valence-corrected chi connectivity index (χ3v) is 3.04. The summed E-state index contributed by atoms with van der Waals surface area (Å²) in [4.78, 5) is 13.2. The van der Waals surface area contributed by atoms with Crippen molar-refractivity contribution < 1.29 is 14.7 Å². The molecular weight excluding hydrogens is 300 g/mol. The molecule has 0 atom stereocenters. The zero-order chi connectivity index (χ0) is 13.7. The Kier molecular flexibility index (Phi) is 5.15. The normalized spacial score (nSPS) is 11.2. The summed E-state index contributed by atoms with van der Waals surface area (Å²) in [6, 6.07) is 5.67.